The van der Waals surface area contributed by atoms with E-state index in [1.807, 2.05) is 33.8 Å². The minimum absolute atomic E-state index is 0.0504. The molecule has 6 nitrogen and oxygen atoms in total. The molecule has 0 aliphatic rings. The number of allylic oxidation sites excluding steroid dienone is 1. The van der Waals surface area contributed by atoms with Crippen LogP contribution < -0.4 is 10.2 Å². The molecule has 3 aromatic rings. The Labute approximate surface area is 211 Å². The SMILES string of the molecule is C/C=C(/CO)N(c1ccc(F)cc1)c1cc(C(=O)Nc2ccc(C(=O)N(CC)CC)cc2)ccc1C. The topological polar surface area (TPSA) is 72.9 Å². The molecule has 0 atom stereocenters. The van der Waals surface area contributed by atoms with Gasteiger partial charge in [-0.05, 0) is 93.9 Å². The van der Waals surface area contributed by atoms with Crippen molar-refractivity contribution in [1.82, 2.24) is 4.90 Å². The lowest BCUT2D eigenvalue weighted by Crippen LogP contribution is -2.30. The molecule has 0 aliphatic carbocycles. The highest BCUT2D eigenvalue weighted by molar-refractivity contribution is 6.05. The highest BCUT2D eigenvalue weighted by Crippen LogP contribution is 2.33. The number of nitrogens with zero attached hydrogens (tertiary/aromatic N) is 2. The smallest absolute Gasteiger partial charge is 0.255 e. The second kappa shape index (κ2) is 12.1. The van der Waals surface area contributed by atoms with Crippen molar-refractivity contribution in [2.24, 2.45) is 0 Å². The van der Waals surface area contributed by atoms with Crippen LogP contribution >= 0.6 is 0 Å². The van der Waals surface area contributed by atoms with Gasteiger partial charge < -0.3 is 20.2 Å². The fourth-order valence-corrected chi connectivity index (χ4v) is 3.93. The number of benzene rings is 3. The minimum atomic E-state index is -0.362. The van der Waals surface area contributed by atoms with Crippen LogP contribution in [-0.2, 0) is 0 Å². The summed E-state index contributed by atoms with van der Waals surface area (Å²) in [6.07, 6.45) is 1.77. The monoisotopic (exact) mass is 489 g/mol. The van der Waals surface area contributed by atoms with E-state index >= 15 is 0 Å². The van der Waals surface area contributed by atoms with Crippen LogP contribution in [0.3, 0.4) is 0 Å². The molecule has 0 bridgehead atoms. The van der Waals surface area contributed by atoms with E-state index in [4.69, 9.17) is 0 Å². The molecule has 7 heteroatoms. The maximum atomic E-state index is 13.6. The van der Waals surface area contributed by atoms with E-state index < -0.39 is 0 Å². The van der Waals surface area contributed by atoms with Crippen LogP contribution in [0.15, 0.2) is 78.5 Å². The summed E-state index contributed by atoms with van der Waals surface area (Å²) in [6.45, 7) is 8.61. The summed E-state index contributed by atoms with van der Waals surface area (Å²) in [5, 5.41) is 12.9. The number of carbonyl (C=O) groups is 2. The summed E-state index contributed by atoms with van der Waals surface area (Å²) in [5.41, 5.74) is 4.37. The zero-order valence-electron chi connectivity index (χ0n) is 21.1. The highest BCUT2D eigenvalue weighted by atomic mass is 19.1. The van der Waals surface area contributed by atoms with Crippen molar-refractivity contribution in [3.05, 3.63) is 101 Å². The van der Waals surface area contributed by atoms with Gasteiger partial charge in [-0.1, -0.05) is 12.1 Å². The van der Waals surface area contributed by atoms with Gasteiger partial charge in [-0.3, -0.25) is 9.59 Å². The number of rotatable bonds is 9. The Morgan fingerprint density at radius 1 is 0.944 bits per heavy atom. The van der Waals surface area contributed by atoms with Crippen molar-refractivity contribution in [3.8, 4) is 0 Å². The summed E-state index contributed by atoms with van der Waals surface area (Å²) in [4.78, 5) is 29.2. The molecule has 0 radical (unpaired) electrons. The molecule has 188 valence electrons. The number of hydrogen-bond donors (Lipinski definition) is 2. The van der Waals surface area contributed by atoms with Crippen LogP contribution in [0.4, 0.5) is 21.5 Å². The van der Waals surface area contributed by atoms with Gasteiger partial charge in [-0.2, -0.15) is 0 Å². The third kappa shape index (κ3) is 5.98. The van der Waals surface area contributed by atoms with E-state index in [1.165, 1.54) is 12.1 Å². The first-order chi connectivity index (χ1) is 17.3. The third-order valence-electron chi connectivity index (χ3n) is 6.02. The summed E-state index contributed by atoms with van der Waals surface area (Å²) < 4.78 is 13.6. The average Bonchev–Trinajstić information content (AvgIpc) is 2.89. The number of halogens is 1. The fraction of sp³-hybridized carbons (Fsp3) is 0.241. The summed E-state index contributed by atoms with van der Waals surface area (Å²) in [6, 6.07) is 18.1. The molecular weight excluding hydrogens is 457 g/mol. The van der Waals surface area contributed by atoms with Crippen molar-refractivity contribution in [2.75, 3.05) is 29.9 Å². The lowest BCUT2D eigenvalue weighted by Gasteiger charge is -2.28. The van der Waals surface area contributed by atoms with E-state index in [-0.39, 0.29) is 24.2 Å². The van der Waals surface area contributed by atoms with Crippen LogP contribution in [0, 0.1) is 12.7 Å². The molecule has 0 aromatic heterocycles. The molecule has 0 aliphatic heterocycles. The molecule has 3 aromatic carbocycles. The van der Waals surface area contributed by atoms with Gasteiger partial charge in [0.25, 0.3) is 11.8 Å². The first-order valence-corrected chi connectivity index (χ1v) is 12.0. The molecule has 0 unspecified atom stereocenters. The van der Waals surface area contributed by atoms with Gasteiger partial charge in [-0.25, -0.2) is 4.39 Å². The molecule has 3 rings (SSSR count). The predicted octanol–water partition coefficient (Wildman–Crippen LogP) is 5.90. The molecule has 2 amide bonds. The van der Waals surface area contributed by atoms with Crippen molar-refractivity contribution in [3.63, 3.8) is 0 Å². The normalized spacial score (nSPS) is 11.2. The van der Waals surface area contributed by atoms with E-state index in [0.29, 0.717) is 47.0 Å². The molecule has 0 saturated carbocycles. The van der Waals surface area contributed by atoms with Crippen LogP contribution in [0.1, 0.15) is 47.1 Å². The van der Waals surface area contributed by atoms with Gasteiger partial charge in [0, 0.05) is 47.0 Å². The highest BCUT2D eigenvalue weighted by Gasteiger charge is 2.19. The standard InChI is InChI=1S/C29H32FN3O3/c1-5-25(19-34)33(26-16-12-23(30)13-17-26)27-18-22(9-8-20(27)4)28(35)31-24-14-10-21(11-15-24)29(36)32(6-2)7-3/h5,8-18,34H,6-7,19H2,1-4H3,(H,31,35)/b25-5-. The maximum Gasteiger partial charge on any atom is 0.255 e. The summed E-state index contributed by atoms with van der Waals surface area (Å²) in [5.74, 6) is -0.728. The van der Waals surface area contributed by atoms with E-state index in [1.54, 1.807) is 64.4 Å². The molecule has 0 spiro atoms. The first kappa shape index (κ1) is 26.6. The number of aliphatic hydroxyl groups is 1. The third-order valence-corrected chi connectivity index (χ3v) is 6.02. The second-order valence-corrected chi connectivity index (χ2v) is 8.26. The number of aryl methyl sites for hydroxylation is 1. The largest absolute Gasteiger partial charge is 0.390 e. The zero-order chi connectivity index (χ0) is 26.2. The lowest BCUT2D eigenvalue weighted by molar-refractivity contribution is 0.0773. The van der Waals surface area contributed by atoms with Crippen LogP contribution in [0.25, 0.3) is 0 Å². The van der Waals surface area contributed by atoms with E-state index in [9.17, 15) is 19.1 Å². The first-order valence-electron chi connectivity index (χ1n) is 12.0. The average molecular weight is 490 g/mol. The van der Waals surface area contributed by atoms with Crippen molar-refractivity contribution in [2.45, 2.75) is 27.7 Å². The van der Waals surface area contributed by atoms with Crippen LogP contribution in [0.2, 0.25) is 0 Å². The predicted molar refractivity (Wildman–Crippen MR) is 142 cm³/mol. The molecule has 36 heavy (non-hydrogen) atoms. The maximum absolute atomic E-state index is 13.6. The number of nitrogens with one attached hydrogen (secondary N) is 1. The Hall–Kier alpha value is -3.97. The molecule has 0 heterocycles. The Bertz CT molecular complexity index is 1230. The van der Waals surface area contributed by atoms with E-state index in [0.717, 1.165) is 5.56 Å². The Kier molecular flexibility index (Phi) is 8.97. The molecule has 0 saturated heterocycles. The van der Waals surface area contributed by atoms with Gasteiger partial charge in [0.1, 0.15) is 5.82 Å². The summed E-state index contributed by atoms with van der Waals surface area (Å²) in [7, 11) is 0. The molecular formula is C29H32FN3O3. The van der Waals surface area contributed by atoms with Crippen LogP contribution in [-0.4, -0.2) is 41.5 Å². The second-order valence-electron chi connectivity index (χ2n) is 8.26. The van der Waals surface area contributed by atoms with Gasteiger partial charge in [0.05, 0.1) is 6.61 Å². The van der Waals surface area contributed by atoms with Gasteiger partial charge in [0.15, 0.2) is 0 Å². The van der Waals surface area contributed by atoms with Crippen LogP contribution in [0.5, 0.6) is 0 Å². The van der Waals surface area contributed by atoms with Gasteiger partial charge in [-0.15, -0.1) is 0 Å². The summed E-state index contributed by atoms with van der Waals surface area (Å²) >= 11 is 0. The Morgan fingerprint density at radius 2 is 1.56 bits per heavy atom. The van der Waals surface area contributed by atoms with Crippen molar-refractivity contribution < 1.29 is 19.1 Å². The van der Waals surface area contributed by atoms with Crippen molar-refractivity contribution >= 4 is 28.9 Å². The molecule has 2 N–H and O–H groups in total. The number of amides is 2. The minimum Gasteiger partial charge on any atom is -0.390 e. The number of carbonyl (C=O) groups excluding carboxylic acids is 2. The van der Waals surface area contributed by atoms with E-state index in [2.05, 4.69) is 5.32 Å². The number of anilines is 3. The quantitative estimate of drug-likeness (QED) is 0.392. The van der Waals surface area contributed by atoms with Gasteiger partial charge in [0.2, 0.25) is 0 Å². The lowest BCUT2D eigenvalue weighted by atomic mass is 10.1. The Balaban J connectivity index is 1.89. The molecule has 0 fully saturated rings. The Morgan fingerprint density at radius 3 is 2.11 bits per heavy atom. The fourth-order valence-electron chi connectivity index (χ4n) is 3.93. The number of aliphatic hydroxyl groups excluding tert-OH is 1. The van der Waals surface area contributed by atoms with Gasteiger partial charge >= 0.3 is 0 Å². The zero-order valence-corrected chi connectivity index (χ0v) is 21.1. The number of hydrogen-bond acceptors (Lipinski definition) is 4. The van der Waals surface area contributed by atoms with Crippen molar-refractivity contribution in [1.29, 1.82) is 0 Å².